The normalized spacial score (nSPS) is 25.3. The molecule has 0 aliphatic carbocycles. The third kappa shape index (κ3) is 18.8. The van der Waals surface area contributed by atoms with Gasteiger partial charge in [0.15, 0.2) is 105 Å². The van der Waals surface area contributed by atoms with Gasteiger partial charge in [-0.25, -0.2) is 59.8 Å². The van der Waals surface area contributed by atoms with Crippen molar-refractivity contribution in [2.75, 3.05) is 48.5 Å². The average Bonchev–Trinajstić information content (AvgIpc) is 1.58. The Bertz CT molecular complexity index is 6050. The van der Waals surface area contributed by atoms with Crippen LogP contribution >= 0.6 is 0 Å². The molecule has 8 aromatic heterocycles. The maximum absolute atomic E-state index is 12.6. The van der Waals surface area contributed by atoms with Crippen LogP contribution in [0.15, 0.2) is 172 Å². The second kappa shape index (κ2) is 38.7. The molecule has 12 N–H and O–H groups in total. The van der Waals surface area contributed by atoms with Crippen LogP contribution in [0.25, 0.3) is 44.7 Å². The highest BCUT2D eigenvalue weighted by molar-refractivity contribution is 7.00. The minimum atomic E-state index is -3.04. The first-order valence-corrected chi connectivity index (χ1v) is 45.9. The van der Waals surface area contributed by atoms with Gasteiger partial charge in [0.25, 0.3) is 16.6 Å². The molecular weight excluding hydrogens is 1750 g/mol. The average molecular weight is 1850 g/mol. The molecule has 4 unspecified atom stereocenters. The van der Waals surface area contributed by atoms with Crippen molar-refractivity contribution in [1.29, 1.82) is 0 Å². The van der Waals surface area contributed by atoms with Gasteiger partial charge in [-0.15, -0.1) is 0 Å². The first-order chi connectivity index (χ1) is 62.5. The number of nitrogens with one attached hydrogen (secondary N) is 2. The number of carbonyl (C=O) groups is 6. The molecule has 42 nitrogen and oxygen atoms in total. The van der Waals surface area contributed by atoms with Crippen molar-refractivity contribution in [2.24, 2.45) is 0 Å². The summed E-state index contributed by atoms with van der Waals surface area (Å²) < 4.78 is 67.2. The predicted octanol–water partition coefficient (Wildman–Crippen LogP) is 3.84. The van der Waals surface area contributed by atoms with Gasteiger partial charge in [-0.1, -0.05) is 163 Å². The number of aliphatic hydroxyl groups is 6. The number of fused-ring (bicyclic) bond motifs is 4. The lowest BCUT2D eigenvalue weighted by molar-refractivity contribution is -0.182. The van der Waals surface area contributed by atoms with Gasteiger partial charge >= 0.3 is 23.9 Å². The number of nitrogens with two attached hydrogens (primary N) is 2. The number of anilines is 4. The molecule has 4 fully saturated rings. The summed E-state index contributed by atoms with van der Waals surface area (Å²) in [5, 5.41) is 71.0. The van der Waals surface area contributed by atoms with Crippen LogP contribution in [0.3, 0.4) is 0 Å². The summed E-state index contributed by atoms with van der Waals surface area (Å²) >= 11 is 0. The number of imidazole rings is 4. The minimum Gasteiger partial charge on any atom is -0.453 e. The molecule has 2 amide bonds. The molecule has 0 radical (unpaired) electrons. The molecule has 12 aromatic rings. The van der Waals surface area contributed by atoms with Crippen LogP contribution in [0, 0.1) is 0 Å². The fourth-order valence-electron chi connectivity index (χ4n) is 17.3. The molecule has 700 valence electrons. The highest BCUT2D eigenvalue weighted by Gasteiger charge is 2.64. The topological polar surface area (TPSA) is 567 Å². The van der Waals surface area contributed by atoms with E-state index in [1.807, 2.05) is 72.8 Å². The van der Waals surface area contributed by atoms with Crippen LogP contribution in [0.4, 0.5) is 23.3 Å². The summed E-state index contributed by atoms with van der Waals surface area (Å²) in [4.78, 5) is 122. The van der Waals surface area contributed by atoms with Crippen LogP contribution in [-0.2, 0) is 75.5 Å². The summed E-state index contributed by atoms with van der Waals surface area (Å²) in [5.41, 5.74) is 8.32. The van der Waals surface area contributed by atoms with Gasteiger partial charge < -0.3 is 99.5 Å². The Morgan fingerprint density at radius 3 is 1.01 bits per heavy atom. The smallest absolute Gasteiger partial charge is 0.303 e. The summed E-state index contributed by atoms with van der Waals surface area (Å²) in [5.74, 6) is -2.23. The van der Waals surface area contributed by atoms with E-state index in [9.17, 15) is 59.4 Å². The fraction of sp³-hybridized carbons (Fsp3) is 0.432. The van der Waals surface area contributed by atoms with E-state index in [0.717, 1.165) is 20.7 Å². The SMILES string of the molecule is CC(=O)Nc1ncnc2c1ncn2[C@@H]1O[C@H](CO)[C@](C)(OC(C)=O)C1OC(C)=O.CC(=O)Nc1ncnc2c1ncn2[C@@H]1O[C@H](CO[Si](c2ccccc2)(c2ccccc2)C(C)(C)C)[C@](C)(OC(C)=O)C1OC(C)=O.CC(C)(C)[Si](OC[C@H]1O[C@@H](n2cnc3c(N)ncnc32)C(O)[C@@]1(C)O)(c1ccccc1)c1ccccc1.C[C@@]1(O)C(O)[C@H](n2cnc3c(N)ncnc32)O[C@@H]1CO. The number of benzene rings is 4. The van der Waals surface area contributed by atoms with Gasteiger partial charge in [0, 0.05) is 41.5 Å². The van der Waals surface area contributed by atoms with Gasteiger partial charge in [-0.3, -0.25) is 47.0 Å². The summed E-state index contributed by atoms with van der Waals surface area (Å²) in [6, 6.07) is 40.8. The van der Waals surface area contributed by atoms with E-state index in [1.54, 1.807) is 23.0 Å². The first-order valence-electron chi connectivity index (χ1n) is 42.1. The van der Waals surface area contributed by atoms with E-state index in [0.29, 0.717) is 33.5 Å². The quantitative estimate of drug-likeness (QED) is 0.0262. The number of nitrogen functional groups attached to an aromatic ring is 2. The van der Waals surface area contributed by atoms with Crippen molar-refractivity contribution in [3.8, 4) is 0 Å². The van der Waals surface area contributed by atoms with E-state index >= 15 is 0 Å². The molecule has 4 aromatic carbocycles. The molecule has 4 aliphatic rings. The van der Waals surface area contributed by atoms with Crippen molar-refractivity contribution in [3.05, 3.63) is 172 Å². The molecule has 4 aliphatic heterocycles. The number of ether oxygens (including phenoxy) is 8. The Morgan fingerprint density at radius 2 is 0.689 bits per heavy atom. The predicted molar refractivity (Wildman–Crippen MR) is 480 cm³/mol. The zero-order valence-corrected chi connectivity index (χ0v) is 77.4. The highest BCUT2D eigenvalue weighted by Crippen LogP contribution is 2.48. The maximum atomic E-state index is 12.6. The van der Waals surface area contributed by atoms with Crippen LogP contribution in [0.1, 0.15) is 136 Å². The molecule has 12 heterocycles. The summed E-state index contributed by atoms with van der Waals surface area (Å²) in [6.45, 7) is 26.1. The van der Waals surface area contributed by atoms with Crippen LogP contribution in [0.5, 0.6) is 0 Å². The molecule has 16 atom stereocenters. The summed E-state index contributed by atoms with van der Waals surface area (Å²) in [7, 11) is -5.91. The molecule has 16 rings (SSSR count). The van der Waals surface area contributed by atoms with Crippen molar-refractivity contribution in [3.63, 3.8) is 0 Å². The lowest BCUT2D eigenvalue weighted by atomic mass is 9.94. The number of esters is 4. The van der Waals surface area contributed by atoms with Crippen LogP contribution in [0.2, 0.25) is 10.1 Å². The number of hydrogen-bond acceptors (Lipinski definition) is 36. The largest absolute Gasteiger partial charge is 0.453 e. The molecule has 44 heteroatoms. The Hall–Kier alpha value is -12.5. The minimum absolute atomic E-state index is 0.00405. The number of aromatic nitrogens is 16. The van der Waals surface area contributed by atoms with Crippen molar-refractivity contribution in [2.45, 2.75) is 217 Å². The van der Waals surface area contributed by atoms with Gasteiger partial charge in [-0.05, 0) is 58.5 Å². The zero-order valence-electron chi connectivity index (χ0n) is 75.4. The number of aliphatic hydroxyl groups excluding tert-OH is 4. The van der Waals surface area contributed by atoms with Gasteiger partial charge in [0.05, 0.1) is 51.7 Å². The second-order valence-corrected chi connectivity index (χ2v) is 43.6. The second-order valence-electron chi connectivity index (χ2n) is 35.0. The fourth-order valence-corrected chi connectivity index (χ4v) is 26.4. The molecule has 132 heavy (non-hydrogen) atoms. The number of amides is 2. The van der Waals surface area contributed by atoms with E-state index in [-0.39, 0.29) is 69.5 Å². The number of rotatable bonds is 22. The Labute approximate surface area is 759 Å². The third-order valence-corrected chi connectivity index (χ3v) is 33.8. The van der Waals surface area contributed by atoms with Gasteiger partial charge in [0.2, 0.25) is 11.8 Å². The number of nitrogens with zero attached hydrogens (tertiary/aromatic N) is 16. The Kier molecular flexibility index (Phi) is 28.4. The first kappa shape index (κ1) is 97.0. The van der Waals surface area contributed by atoms with Gasteiger partial charge in [0.1, 0.15) is 84.2 Å². The van der Waals surface area contributed by atoms with Crippen molar-refractivity contribution in [1.82, 2.24) is 78.1 Å². The molecular formula is C88H108N20O22Si2. The van der Waals surface area contributed by atoms with Crippen molar-refractivity contribution < 1.29 is 106 Å². The third-order valence-electron chi connectivity index (χ3n) is 23.7. The lowest BCUT2D eigenvalue weighted by Gasteiger charge is -2.44. The number of hydrogen-bond donors (Lipinski definition) is 10. The maximum Gasteiger partial charge on any atom is 0.303 e. The molecule has 4 saturated heterocycles. The Balaban J connectivity index is 0.000000155. The highest BCUT2D eigenvalue weighted by atomic mass is 28.4. The Morgan fingerprint density at radius 1 is 0.402 bits per heavy atom. The van der Waals surface area contributed by atoms with Crippen LogP contribution in [-0.4, -0.2) is 259 Å². The monoisotopic (exact) mass is 1850 g/mol. The standard InChI is InChI=1S/C33H39N5O7Si.C27H33N5O4Si.C17H21N5O7.C11H15N5O4/c1-21(39)37-29-27-30(35-19-34-29)38(20-36-27)31-28(43-22(2)40)33(7,45-23(3)41)26(44-31)18-42-46(32(4,5)6,24-14-10-8-11-15-24)25-16-12-9-13-17-25;1-26(2,3)37(18-11-7-5-8-12-18,19-13-9-6-10-14-19)35-15-20-27(4,34)22(33)25(36-20)32-17-31-21-23(28)29-16-30-24(21)32;1-8(24)21-14-12-15(19-6-18-14)22(7-20-12)16-13(27-9(2)25)17(4,29-10(3)26)11(5-23)28-16;1-11(19)5(2-17)20-10(7(11)18)16-4-15-6-8(12)13-3-14-9(6)16/h8-17,19-20,26,28,31H,18H2,1-7H3,(H,34,35,37,39);5-14,16-17,20,22,25,33-34H,15H2,1-4H3,(H2,28,29,30);6-7,11,13,16,23H,5H2,1-4H3,(H,18,19,21,24);3-5,7,10,17-19H,2H2,1H3,(H2,12,13,14)/t26-,28?,31-,33+;20-,22?,25-,27+;11-,13?,16-,17+;5-,7?,10-,11+/m1111/s1. The van der Waals surface area contributed by atoms with E-state index in [4.69, 9.17) is 58.2 Å². The zero-order chi connectivity index (χ0) is 95.5. The summed E-state index contributed by atoms with van der Waals surface area (Å²) in [6.07, 6.45) is -1.31. The van der Waals surface area contributed by atoms with Gasteiger partial charge in [-0.2, -0.15) is 0 Å². The number of carbonyl (C=O) groups excluding carboxylic acids is 6. The molecule has 0 bridgehead atoms. The lowest BCUT2D eigenvalue weighted by Crippen LogP contribution is -2.67. The van der Waals surface area contributed by atoms with Crippen LogP contribution < -0.4 is 42.8 Å². The molecule has 0 saturated carbocycles. The van der Waals surface area contributed by atoms with Crippen molar-refractivity contribution >= 4 is 141 Å². The van der Waals surface area contributed by atoms with E-state index in [2.05, 4.69) is 161 Å². The van der Waals surface area contributed by atoms with E-state index < -0.39 is 150 Å². The van der Waals surface area contributed by atoms with E-state index in [1.165, 1.54) is 115 Å². The molecule has 0 spiro atoms.